The average molecular weight is 508 g/mol. The van der Waals surface area contributed by atoms with Crippen molar-refractivity contribution in [3.05, 3.63) is 83.4 Å². The Kier molecular flexibility index (Phi) is 7.28. The summed E-state index contributed by atoms with van der Waals surface area (Å²) in [7, 11) is -4.75. The van der Waals surface area contributed by atoms with Gasteiger partial charge in [-0.05, 0) is 59.9 Å². The van der Waals surface area contributed by atoms with Crippen LogP contribution in [0.15, 0.2) is 71.6 Å². The number of hydrogen-bond donors (Lipinski definition) is 2. The zero-order valence-corrected chi connectivity index (χ0v) is 20.0. The molecule has 0 unspecified atom stereocenters. The summed E-state index contributed by atoms with van der Waals surface area (Å²) in [5.74, 6) is -1.24. The van der Waals surface area contributed by atoms with Crippen molar-refractivity contribution in [2.24, 2.45) is 0 Å². The summed E-state index contributed by atoms with van der Waals surface area (Å²) in [5, 5.41) is 2.39. The number of alkyl halides is 3. The van der Waals surface area contributed by atoms with Crippen molar-refractivity contribution in [3.8, 4) is 11.5 Å². The molecule has 35 heavy (non-hydrogen) atoms. The van der Waals surface area contributed by atoms with E-state index in [9.17, 15) is 30.9 Å². The van der Waals surface area contributed by atoms with Gasteiger partial charge in [0.1, 0.15) is 10.6 Å². The van der Waals surface area contributed by atoms with Gasteiger partial charge in [-0.1, -0.05) is 45.0 Å². The summed E-state index contributed by atoms with van der Waals surface area (Å²) in [5.41, 5.74) is -0.969. The molecule has 0 atom stereocenters. The predicted molar refractivity (Wildman–Crippen MR) is 125 cm³/mol. The highest BCUT2D eigenvalue weighted by Gasteiger charge is 2.32. The predicted octanol–water partition coefficient (Wildman–Crippen LogP) is 6.68. The number of ether oxygens (including phenoxy) is 1. The minimum atomic E-state index is -4.75. The van der Waals surface area contributed by atoms with Crippen molar-refractivity contribution in [3.63, 3.8) is 0 Å². The SMILES string of the molecule is CCC(C)(C)c1ccc(Oc2ccc(C(F)(F)F)cc2NC(=O)c2ccccc2)c(S(=O)(=O)O)c1. The van der Waals surface area contributed by atoms with Crippen LogP contribution in [-0.2, 0) is 21.7 Å². The van der Waals surface area contributed by atoms with E-state index in [2.05, 4.69) is 5.32 Å². The summed E-state index contributed by atoms with van der Waals surface area (Å²) in [6, 6.07) is 14.4. The first-order chi connectivity index (χ1) is 16.2. The highest BCUT2D eigenvalue weighted by molar-refractivity contribution is 7.86. The highest BCUT2D eigenvalue weighted by atomic mass is 32.2. The van der Waals surface area contributed by atoms with E-state index in [1.54, 1.807) is 24.3 Å². The van der Waals surface area contributed by atoms with Crippen molar-refractivity contribution < 1.29 is 35.7 Å². The number of hydrogen-bond acceptors (Lipinski definition) is 4. The molecule has 3 aromatic carbocycles. The molecule has 0 aliphatic heterocycles. The number of carbonyl (C=O) groups excluding carboxylic acids is 1. The number of amides is 1. The van der Waals surface area contributed by atoms with Gasteiger partial charge in [0.05, 0.1) is 11.3 Å². The molecule has 0 aliphatic rings. The second-order valence-corrected chi connectivity index (χ2v) is 9.89. The van der Waals surface area contributed by atoms with Crippen LogP contribution in [0, 0.1) is 0 Å². The van der Waals surface area contributed by atoms with Gasteiger partial charge in [0.2, 0.25) is 0 Å². The first kappa shape index (κ1) is 26.2. The summed E-state index contributed by atoms with van der Waals surface area (Å²) in [6.45, 7) is 5.70. The number of benzene rings is 3. The van der Waals surface area contributed by atoms with E-state index in [1.165, 1.54) is 24.3 Å². The van der Waals surface area contributed by atoms with Crippen molar-refractivity contribution in [1.82, 2.24) is 0 Å². The van der Waals surface area contributed by atoms with Gasteiger partial charge in [0.15, 0.2) is 5.75 Å². The van der Waals surface area contributed by atoms with Gasteiger partial charge in [-0.2, -0.15) is 21.6 Å². The minimum Gasteiger partial charge on any atom is -0.454 e. The van der Waals surface area contributed by atoms with Crippen molar-refractivity contribution >= 4 is 21.7 Å². The molecule has 0 bridgehead atoms. The normalized spacial score (nSPS) is 12.3. The van der Waals surface area contributed by atoms with E-state index in [4.69, 9.17) is 4.74 Å². The summed E-state index contributed by atoms with van der Waals surface area (Å²) in [4.78, 5) is 12.1. The Hall–Kier alpha value is -3.37. The molecule has 0 aromatic heterocycles. The van der Waals surface area contributed by atoms with Crippen molar-refractivity contribution in [2.45, 2.75) is 43.7 Å². The highest BCUT2D eigenvalue weighted by Crippen LogP contribution is 2.40. The molecule has 0 saturated heterocycles. The van der Waals surface area contributed by atoms with Crippen LogP contribution < -0.4 is 10.1 Å². The Morgan fingerprint density at radius 2 is 1.54 bits per heavy atom. The lowest BCUT2D eigenvalue weighted by molar-refractivity contribution is -0.137. The van der Waals surface area contributed by atoms with E-state index in [-0.39, 0.29) is 22.7 Å². The minimum absolute atomic E-state index is 0.195. The molecular weight excluding hydrogens is 483 g/mol. The van der Waals surface area contributed by atoms with E-state index in [0.717, 1.165) is 12.1 Å². The van der Waals surface area contributed by atoms with E-state index >= 15 is 0 Å². The Bertz CT molecular complexity index is 1340. The molecule has 3 rings (SSSR count). The number of anilines is 1. The van der Waals surface area contributed by atoms with Crippen LogP contribution in [0.2, 0.25) is 0 Å². The number of carbonyl (C=O) groups is 1. The Labute approximate surface area is 201 Å². The van der Waals surface area contributed by atoms with E-state index in [0.29, 0.717) is 18.1 Å². The van der Waals surface area contributed by atoms with Crippen LogP contribution in [0.3, 0.4) is 0 Å². The van der Waals surface area contributed by atoms with Crippen LogP contribution >= 0.6 is 0 Å². The third-order valence-corrected chi connectivity index (χ3v) is 6.57. The fourth-order valence-electron chi connectivity index (χ4n) is 3.21. The molecule has 0 fully saturated rings. The third kappa shape index (κ3) is 6.20. The van der Waals surface area contributed by atoms with Gasteiger partial charge in [-0.3, -0.25) is 9.35 Å². The number of rotatable bonds is 7. The lowest BCUT2D eigenvalue weighted by Gasteiger charge is -2.24. The molecule has 6 nitrogen and oxygen atoms in total. The monoisotopic (exact) mass is 507 g/mol. The zero-order valence-electron chi connectivity index (χ0n) is 19.2. The van der Waals surface area contributed by atoms with Gasteiger partial charge in [0.25, 0.3) is 16.0 Å². The Balaban J connectivity index is 2.09. The second kappa shape index (κ2) is 9.71. The molecule has 0 spiro atoms. The molecule has 0 heterocycles. The molecule has 2 N–H and O–H groups in total. The van der Waals surface area contributed by atoms with E-state index in [1.807, 2.05) is 20.8 Å². The summed E-state index contributed by atoms with van der Waals surface area (Å²) >= 11 is 0. The number of nitrogens with one attached hydrogen (secondary N) is 1. The first-order valence-electron chi connectivity index (χ1n) is 10.6. The molecule has 0 aliphatic carbocycles. The second-order valence-electron chi connectivity index (χ2n) is 8.50. The Morgan fingerprint density at radius 1 is 0.943 bits per heavy atom. The van der Waals surface area contributed by atoms with Crippen LogP contribution in [0.4, 0.5) is 18.9 Å². The van der Waals surface area contributed by atoms with Crippen LogP contribution in [0.5, 0.6) is 11.5 Å². The number of halogens is 3. The first-order valence-corrected chi connectivity index (χ1v) is 12.0. The van der Waals surface area contributed by atoms with Gasteiger partial charge >= 0.3 is 6.18 Å². The summed E-state index contributed by atoms with van der Waals surface area (Å²) in [6.07, 6.45) is -4.02. The van der Waals surface area contributed by atoms with Crippen molar-refractivity contribution in [1.29, 1.82) is 0 Å². The molecule has 1 amide bonds. The molecule has 0 radical (unpaired) electrons. The molecule has 3 aromatic rings. The summed E-state index contributed by atoms with van der Waals surface area (Å²) < 4.78 is 79.6. The van der Waals surface area contributed by atoms with Gasteiger partial charge in [0, 0.05) is 5.56 Å². The molecule has 10 heteroatoms. The van der Waals surface area contributed by atoms with Crippen LogP contribution in [0.1, 0.15) is 48.7 Å². The standard InChI is InChI=1S/C25H24F3NO5S/c1-4-24(2,3)17-10-13-21(22(15-17)35(31,32)33)34-20-12-11-18(25(26,27)28)14-19(20)29-23(30)16-8-6-5-7-9-16/h5-15H,4H2,1-3H3,(H,29,30)(H,31,32,33). The lowest BCUT2D eigenvalue weighted by atomic mass is 9.82. The Morgan fingerprint density at radius 3 is 2.11 bits per heavy atom. The smallest absolute Gasteiger partial charge is 0.416 e. The van der Waals surface area contributed by atoms with Gasteiger partial charge in [-0.15, -0.1) is 0 Å². The van der Waals surface area contributed by atoms with Crippen LogP contribution in [0.25, 0.3) is 0 Å². The van der Waals surface area contributed by atoms with Gasteiger partial charge in [-0.25, -0.2) is 0 Å². The van der Waals surface area contributed by atoms with Crippen molar-refractivity contribution in [2.75, 3.05) is 5.32 Å². The van der Waals surface area contributed by atoms with Gasteiger partial charge < -0.3 is 10.1 Å². The largest absolute Gasteiger partial charge is 0.454 e. The molecule has 186 valence electrons. The maximum absolute atomic E-state index is 13.3. The topological polar surface area (TPSA) is 92.7 Å². The fourth-order valence-corrected chi connectivity index (χ4v) is 3.85. The molecular formula is C25H24F3NO5S. The maximum atomic E-state index is 13.3. The molecule has 0 saturated carbocycles. The zero-order chi connectivity index (χ0) is 26.0. The quantitative estimate of drug-likeness (QED) is 0.348. The van der Waals surface area contributed by atoms with E-state index < -0.39 is 38.1 Å². The maximum Gasteiger partial charge on any atom is 0.416 e. The lowest BCUT2D eigenvalue weighted by Crippen LogP contribution is -2.16. The average Bonchev–Trinajstić information content (AvgIpc) is 2.79. The third-order valence-electron chi connectivity index (χ3n) is 5.70. The van der Waals surface area contributed by atoms with Crippen LogP contribution in [-0.4, -0.2) is 18.9 Å². The fraction of sp³-hybridized carbons (Fsp3) is 0.240.